The molecule has 0 radical (unpaired) electrons. The summed E-state index contributed by atoms with van der Waals surface area (Å²) in [5.74, 6) is 0. The second kappa shape index (κ2) is 16.1. The number of allylic oxidation sites excluding steroid dienone is 6. The lowest BCUT2D eigenvalue weighted by atomic mass is 10.0. The molecule has 37 heavy (non-hydrogen) atoms. The number of likely N-dealkylation sites (tertiary alicyclic amines) is 1. The van der Waals surface area contributed by atoms with Gasteiger partial charge in [0.05, 0.1) is 5.69 Å². The molecule has 1 saturated heterocycles. The van der Waals surface area contributed by atoms with Gasteiger partial charge in [0, 0.05) is 17.2 Å². The van der Waals surface area contributed by atoms with Crippen molar-refractivity contribution < 1.29 is 8.42 Å². The van der Waals surface area contributed by atoms with Crippen molar-refractivity contribution in [2.45, 2.75) is 59.3 Å². The number of aromatic nitrogens is 1. The minimum Gasteiger partial charge on any atom is -0.306 e. The Labute approximate surface area is 225 Å². The molecule has 1 aliphatic carbocycles. The van der Waals surface area contributed by atoms with E-state index in [1.54, 1.807) is 19.2 Å². The van der Waals surface area contributed by atoms with Gasteiger partial charge in [0.25, 0.3) is 10.0 Å². The molecule has 200 valence electrons. The highest BCUT2D eigenvalue weighted by Gasteiger charge is 2.20. The maximum absolute atomic E-state index is 12.5. The Kier molecular flexibility index (Phi) is 13.2. The maximum atomic E-state index is 12.5. The molecular formula is C32H44N2O2S. The lowest BCUT2D eigenvalue weighted by Crippen LogP contribution is -2.18. The minimum atomic E-state index is -3.49. The van der Waals surface area contributed by atoms with E-state index >= 15 is 0 Å². The summed E-state index contributed by atoms with van der Waals surface area (Å²) in [6.45, 7) is 12.0. The van der Waals surface area contributed by atoms with E-state index in [0.717, 1.165) is 34.4 Å². The molecule has 0 saturated carbocycles. The zero-order chi connectivity index (χ0) is 27.1. The number of rotatable bonds is 5. The van der Waals surface area contributed by atoms with Crippen LogP contribution in [0.3, 0.4) is 0 Å². The third-order valence-electron chi connectivity index (χ3n) is 6.07. The van der Waals surface area contributed by atoms with Crippen LogP contribution >= 0.6 is 0 Å². The summed E-state index contributed by atoms with van der Waals surface area (Å²) in [6, 6.07) is 10.1. The van der Waals surface area contributed by atoms with Crippen LogP contribution in [0.4, 0.5) is 0 Å². The fourth-order valence-electron chi connectivity index (χ4n) is 4.28. The van der Waals surface area contributed by atoms with E-state index in [1.165, 1.54) is 48.2 Å². The smallest absolute Gasteiger partial charge is 0.260 e. The molecule has 0 unspecified atom stereocenters. The summed E-state index contributed by atoms with van der Waals surface area (Å²) < 4.78 is 26.4. The van der Waals surface area contributed by atoms with Gasteiger partial charge in [-0.05, 0) is 83.8 Å². The van der Waals surface area contributed by atoms with Crippen LogP contribution in [0.25, 0.3) is 12.2 Å². The molecule has 0 N–H and O–H groups in total. The fourth-order valence-corrected chi connectivity index (χ4v) is 5.46. The molecule has 4 rings (SSSR count). The van der Waals surface area contributed by atoms with Crippen molar-refractivity contribution in [1.82, 2.24) is 8.87 Å². The molecule has 2 aromatic rings. The highest BCUT2D eigenvalue weighted by molar-refractivity contribution is 7.92. The lowest BCUT2D eigenvalue weighted by Gasteiger charge is -2.10. The number of nitrogens with zero attached hydrogens (tertiary/aromatic N) is 2. The molecule has 1 aliphatic heterocycles. The Morgan fingerprint density at radius 1 is 0.973 bits per heavy atom. The van der Waals surface area contributed by atoms with Gasteiger partial charge >= 0.3 is 0 Å². The Morgan fingerprint density at radius 2 is 1.62 bits per heavy atom. The predicted octanol–water partition coefficient (Wildman–Crippen LogP) is 7.85. The molecule has 1 fully saturated rings. The first-order valence-corrected chi connectivity index (χ1v) is 14.7. The molecular weight excluding hydrogens is 476 g/mol. The summed E-state index contributed by atoms with van der Waals surface area (Å²) in [4.78, 5) is 2.42. The molecule has 0 amide bonds. The van der Waals surface area contributed by atoms with Crippen molar-refractivity contribution in [3.63, 3.8) is 0 Å². The van der Waals surface area contributed by atoms with E-state index in [4.69, 9.17) is 0 Å². The van der Waals surface area contributed by atoms with Gasteiger partial charge < -0.3 is 4.90 Å². The van der Waals surface area contributed by atoms with Crippen molar-refractivity contribution in [3.8, 4) is 0 Å². The average Bonchev–Trinajstić information content (AvgIpc) is 3.04. The normalized spacial score (nSPS) is 15.8. The highest BCUT2D eigenvalue weighted by atomic mass is 32.2. The molecule has 0 bridgehead atoms. The number of hydrogen-bond acceptors (Lipinski definition) is 3. The summed E-state index contributed by atoms with van der Waals surface area (Å²) in [5, 5.41) is 1.24. The summed E-state index contributed by atoms with van der Waals surface area (Å²) in [6.07, 6.45) is 22.4. The van der Waals surface area contributed by atoms with Gasteiger partial charge in [0.2, 0.25) is 0 Å². The third kappa shape index (κ3) is 10.6. The molecule has 0 spiro atoms. The van der Waals surface area contributed by atoms with Crippen LogP contribution in [0, 0.1) is 0 Å². The topological polar surface area (TPSA) is 42.3 Å². The van der Waals surface area contributed by atoms with Crippen molar-refractivity contribution in [1.29, 1.82) is 0 Å². The average molecular weight is 521 g/mol. The van der Waals surface area contributed by atoms with Crippen molar-refractivity contribution in [2.24, 2.45) is 0 Å². The molecule has 1 aromatic heterocycles. The minimum absolute atomic E-state index is 0.708. The Hall–Kier alpha value is -2.89. The second-order valence-electron chi connectivity index (χ2n) is 9.53. The van der Waals surface area contributed by atoms with Gasteiger partial charge in [-0.15, -0.1) is 0 Å². The molecule has 2 heterocycles. The van der Waals surface area contributed by atoms with E-state index in [1.807, 2.05) is 62.4 Å². The fraction of sp³-hybridized carbons (Fsp3) is 0.375. The number of hydrogen-bond donors (Lipinski definition) is 0. The number of fused-ring (bicyclic) bond motifs is 1. The molecule has 4 nitrogen and oxygen atoms in total. The first-order valence-electron chi connectivity index (χ1n) is 13.2. The maximum Gasteiger partial charge on any atom is 0.260 e. The van der Waals surface area contributed by atoms with Crippen molar-refractivity contribution >= 4 is 22.2 Å². The lowest BCUT2D eigenvalue weighted by molar-refractivity contribution is 0.349. The van der Waals surface area contributed by atoms with Crippen LogP contribution < -0.4 is 0 Å². The summed E-state index contributed by atoms with van der Waals surface area (Å²) in [7, 11) is -1.27. The van der Waals surface area contributed by atoms with Crippen LogP contribution in [0.15, 0.2) is 84.5 Å². The highest BCUT2D eigenvalue weighted by Crippen LogP contribution is 2.27. The molecule has 0 atom stereocenters. The van der Waals surface area contributed by atoms with Crippen LogP contribution in [-0.2, 0) is 16.4 Å². The van der Waals surface area contributed by atoms with Crippen LogP contribution in [0.2, 0.25) is 0 Å². The standard InChI is InChI=1S/C19H19NO2S.C7H15N.C6H10/c1-2-13-23(21,22)20-15-17(14-16-9-5-3-6-10-16)18-11-7-4-8-12-19(18)20;1-8-6-4-2-3-5-7-8;1-4-5-6(2)3/h2-3,5-13,15H,4,14H2,1H3;2-7H2,1H3;4-5H,2H2,1,3H3/b13-2+;;5-4-. The Bertz CT molecular complexity index is 1190. The zero-order valence-corrected chi connectivity index (χ0v) is 23.9. The largest absolute Gasteiger partial charge is 0.306 e. The Balaban J connectivity index is 0.000000282. The van der Waals surface area contributed by atoms with Gasteiger partial charge in [-0.3, -0.25) is 0 Å². The van der Waals surface area contributed by atoms with E-state index in [-0.39, 0.29) is 0 Å². The number of benzene rings is 1. The van der Waals surface area contributed by atoms with Crippen molar-refractivity contribution in [3.05, 3.63) is 107 Å². The quantitative estimate of drug-likeness (QED) is 0.377. The van der Waals surface area contributed by atoms with Crippen molar-refractivity contribution in [2.75, 3.05) is 20.1 Å². The zero-order valence-electron chi connectivity index (χ0n) is 23.1. The van der Waals surface area contributed by atoms with Gasteiger partial charge in [0.1, 0.15) is 0 Å². The predicted molar refractivity (Wildman–Crippen MR) is 161 cm³/mol. The van der Waals surface area contributed by atoms with Crippen LogP contribution in [0.5, 0.6) is 0 Å². The SMILES string of the molecule is C/C=C/S(=O)(=O)n1cc(Cc2ccccc2)c2c1C=CCC=C2.C=C(C)/C=C\C.CN1CCCCCC1. The first kappa shape index (κ1) is 30.3. The summed E-state index contributed by atoms with van der Waals surface area (Å²) >= 11 is 0. The van der Waals surface area contributed by atoms with E-state index < -0.39 is 10.0 Å². The van der Waals surface area contributed by atoms with Crippen LogP contribution in [0.1, 0.15) is 75.3 Å². The molecule has 2 aliphatic rings. The van der Waals surface area contributed by atoms with E-state index in [9.17, 15) is 8.42 Å². The first-order chi connectivity index (χ1) is 17.8. The van der Waals surface area contributed by atoms with Gasteiger partial charge in [-0.1, -0.05) is 91.8 Å². The summed E-state index contributed by atoms with van der Waals surface area (Å²) in [5.41, 5.74) is 5.00. The second-order valence-corrected chi connectivity index (χ2v) is 11.2. The monoisotopic (exact) mass is 520 g/mol. The van der Waals surface area contributed by atoms with E-state index in [0.29, 0.717) is 6.42 Å². The third-order valence-corrected chi connectivity index (χ3v) is 7.53. The van der Waals surface area contributed by atoms with Gasteiger partial charge in [-0.25, -0.2) is 12.4 Å². The Morgan fingerprint density at radius 3 is 2.19 bits per heavy atom. The van der Waals surface area contributed by atoms with Crippen LogP contribution in [-0.4, -0.2) is 37.4 Å². The molecule has 1 aromatic carbocycles. The van der Waals surface area contributed by atoms with E-state index in [2.05, 4.69) is 36.7 Å². The molecule has 5 heteroatoms. The van der Waals surface area contributed by atoms with Gasteiger partial charge in [-0.2, -0.15) is 0 Å². The van der Waals surface area contributed by atoms with Gasteiger partial charge in [0.15, 0.2) is 0 Å².